The lowest BCUT2D eigenvalue weighted by Gasteiger charge is -2.22. The molecule has 1 aromatic carbocycles. The van der Waals surface area contributed by atoms with Crippen molar-refractivity contribution in [3.63, 3.8) is 0 Å². The fourth-order valence-corrected chi connectivity index (χ4v) is 3.04. The van der Waals surface area contributed by atoms with Crippen molar-refractivity contribution in [3.05, 3.63) is 29.3 Å². The molecule has 2 N–H and O–H groups in total. The van der Waals surface area contributed by atoms with E-state index in [1.807, 2.05) is 11.8 Å². The van der Waals surface area contributed by atoms with Crippen molar-refractivity contribution in [3.8, 4) is 0 Å². The van der Waals surface area contributed by atoms with Crippen molar-refractivity contribution in [1.29, 1.82) is 0 Å². The number of nitrogens with zero attached hydrogens (tertiary/aromatic N) is 1. The molecule has 0 saturated heterocycles. The summed E-state index contributed by atoms with van der Waals surface area (Å²) in [6, 6.07) is 6.61. The summed E-state index contributed by atoms with van der Waals surface area (Å²) in [6.45, 7) is 7.03. The number of hydrogen-bond acceptors (Lipinski definition) is 2. The Labute approximate surface area is 122 Å². The SMILES string of the molecule is CCC(CC)C(=O)N1CCc2cc(CC(C)N)ccc21. The second-order valence-corrected chi connectivity index (χ2v) is 5.90. The highest BCUT2D eigenvalue weighted by Gasteiger charge is 2.28. The van der Waals surface area contributed by atoms with Crippen molar-refractivity contribution in [2.45, 2.75) is 52.5 Å². The number of hydrogen-bond donors (Lipinski definition) is 1. The van der Waals surface area contributed by atoms with Crippen LogP contribution in [0.25, 0.3) is 0 Å². The van der Waals surface area contributed by atoms with Crippen LogP contribution in [0.2, 0.25) is 0 Å². The zero-order valence-corrected chi connectivity index (χ0v) is 12.9. The Balaban J connectivity index is 2.19. The lowest BCUT2D eigenvalue weighted by atomic mass is 10.0. The fourth-order valence-electron chi connectivity index (χ4n) is 3.04. The van der Waals surface area contributed by atoms with E-state index in [9.17, 15) is 4.79 Å². The van der Waals surface area contributed by atoms with Gasteiger partial charge in [0.1, 0.15) is 0 Å². The minimum atomic E-state index is 0.157. The van der Waals surface area contributed by atoms with Gasteiger partial charge in [-0.2, -0.15) is 0 Å². The zero-order chi connectivity index (χ0) is 14.7. The van der Waals surface area contributed by atoms with Crippen LogP contribution in [0, 0.1) is 5.92 Å². The first-order chi connectivity index (χ1) is 9.56. The molecule has 0 spiro atoms. The van der Waals surface area contributed by atoms with E-state index in [2.05, 4.69) is 32.0 Å². The van der Waals surface area contributed by atoms with Crippen LogP contribution < -0.4 is 10.6 Å². The highest BCUT2D eigenvalue weighted by Crippen LogP contribution is 2.31. The van der Waals surface area contributed by atoms with Gasteiger partial charge in [0.2, 0.25) is 5.91 Å². The molecule has 1 aliphatic heterocycles. The first kappa shape index (κ1) is 15.0. The van der Waals surface area contributed by atoms with Crippen LogP contribution in [0.5, 0.6) is 0 Å². The molecule has 20 heavy (non-hydrogen) atoms. The molecule has 3 nitrogen and oxygen atoms in total. The van der Waals surface area contributed by atoms with Gasteiger partial charge in [-0.3, -0.25) is 4.79 Å². The summed E-state index contributed by atoms with van der Waals surface area (Å²) in [5, 5.41) is 0. The summed E-state index contributed by atoms with van der Waals surface area (Å²) in [4.78, 5) is 14.5. The van der Waals surface area contributed by atoms with Crippen LogP contribution >= 0.6 is 0 Å². The smallest absolute Gasteiger partial charge is 0.230 e. The van der Waals surface area contributed by atoms with E-state index in [0.29, 0.717) is 0 Å². The maximum absolute atomic E-state index is 12.5. The van der Waals surface area contributed by atoms with Gasteiger partial charge in [0, 0.05) is 24.2 Å². The number of carbonyl (C=O) groups is 1. The van der Waals surface area contributed by atoms with Gasteiger partial charge in [-0.1, -0.05) is 26.0 Å². The molecule has 1 atom stereocenters. The van der Waals surface area contributed by atoms with E-state index in [1.165, 1.54) is 11.1 Å². The summed E-state index contributed by atoms with van der Waals surface area (Å²) in [5.74, 6) is 0.443. The van der Waals surface area contributed by atoms with Crippen molar-refractivity contribution >= 4 is 11.6 Å². The molecule has 0 aliphatic carbocycles. The van der Waals surface area contributed by atoms with Crippen molar-refractivity contribution in [1.82, 2.24) is 0 Å². The monoisotopic (exact) mass is 274 g/mol. The van der Waals surface area contributed by atoms with E-state index in [4.69, 9.17) is 5.73 Å². The molecule has 0 radical (unpaired) electrons. The molecular formula is C17H26N2O. The lowest BCUT2D eigenvalue weighted by molar-refractivity contribution is -0.122. The second kappa shape index (κ2) is 6.40. The molecule has 110 valence electrons. The summed E-state index contributed by atoms with van der Waals surface area (Å²) in [5.41, 5.74) is 9.53. The molecule has 3 heteroatoms. The normalized spacial score (nSPS) is 15.6. The number of carbonyl (C=O) groups excluding carboxylic acids is 1. The average Bonchev–Trinajstić information content (AvgIpc) is 2.82. The Kier molecular flexibility index (Phi) is 4.81. The van der Waals surface area contributed by atoms with E-state index in [-0.39, 0.29) is 17.9 Å². The van der Waals surface area contributed by atoms with Crippen LogP contribution in [0.15, 0.2) is 18.2 Å². The van der Waals surface area contributed by atoms with Gasteiger partial charge in [-0.05, 0) is 49.8 Å². The third kappa shape index (κ3) is 3.04. The van der Waals surface area contributed by atoms with Crippen LogP contribution in [0.1, 0.15) is 44.7 Å². The molecule has 2 rings (SSSR count). The molecule has 1 heterocycles. The minimum absolute atomic E-state index is 0.157. The highest BCUT2D eigenvalue weighted by atomic mass is 16.2. The molecule has 0 aromatic heterocycles. The number of benzene rings is 1. The van der Waals surface area contributed by atoms with E-state index >= 15 is 0 Å². The quantitative estimate of drug-likeness (QED) is 0.897. The number of nitrogens with two attached hydrogens (primary N) is 1. The molecule has 1 unspecified atom stereocenters. The van der Waals surface area contributed by atoms with Gasteiger partial charge < -0.3 is 10.6 Å². The van der Waals surface area contributed by atoms with Crippen molar-refractivity contribution in [2.24, 2.45) is 11.7 Å². The maximum atomic E-state index is 12.5. The molecule has 0 saturated carbocycles. The standard InChI is InChI=1S/C17H26N2O/c1-4-14(5-2)17(20)19-9-8-15-11-13(10-12(3)18)6-7-16(15)19/h6-7,11-12,14H,4-5,8-10,18H2,1-3H3. The Morgan fingerprint density at radius 3 is 2.65 bits per heavy atom. The number of fused-ring (bicyclic) bond motifs is 1. The highest BCUT2D eigenvalue weighted by molar-refractivity contribution is 5.97. The molecule has 1 aliphatic rings. The van der Waals surface area contributed by atoms with Gasteiger partial charge in [-0.15, -0.1) is 0 Å². The van der Waals surface area contributed by atoms with Gasteiger partial charge in [0.25, 0.3) is 0 Å². The van der Waals surface area contributed by atoms with E-state index < -0.39 is 0 Å². The Morgan fingerprint density at radius 1 is 1.35 bits per heavy atom. The van der Waals surface area contributed by atoms with E-state index in [0.717, 1.165) is 37.9 Å². The summed E-state index contributed by atoms with van der Waals surface area (Å²) in [6.07, 6.45) is 3.70. The summed E-state index contributed by atoms with van der Waals surface area (Å²) in [7, 11) is 0. The van der Waals surface area contributed by atoms with Gasteiger partial charge in [0.05, 0.1) is 0 Å². The third-order valence-electron chi connectivity index (χ3n) is 4.20. The topological polar surface area (TPSA) is 46.3 Å². The number of anilines is 1. The largest absolute Gasteiger partial charge is 0.328 e. The molecule has 1 aromatic rings. The second-order valence-electron chi connectivity index (χ2n) is 5.90. The minimum Gasteiger partial charge on any atom is -0.328 e. The predicted molar refractivity (Wildman–Crippen MR) is 83.9 cm³/mol. The van der Waals surface area contributed by atoms with Crippen molar-refractivity contribution < 1.29 is 4.79 Å². The Morgan fingerprint density at radius 2 is 2.05 bits per heavy atom. The summed E-state index contributed by atoms with van der Waals surface area (Å²) >= 11 is 0. The third-order valence-corrected chi connectivity index (χ3v) is 4.20. The first-order valence-electron chi connectivity index (χ1n) is 7.75. The predicted octanol–water partition coefficient (Wildman–Crippen LogP) is 2.90. The van der Waals surface area contributed by atoms with E-state index in [1.54, 1.807) is 0 Å². The molecule has 1 amide bonds. The van der Waals surface area contributed by atoms with Gasteiger partial charge in [-0.25, -0.2) is 0 Å². The molecule has 0 bridgehead atoms. The average molecular weight is 274 g/mol. The van der Waals surface area contributed by atoms with Crippen LogP contribution in [0.4, 0.5) is 5.69 Å². The Bertz CT molecular complexity index is 478. The van der Waals surface area contributed by atoms with Gasteiger partial charge >= 0.3 is 0 Å². The summed E-state index contributed by atoms with van der Waals surface area (Å²) < 4.78 is 0. The number of rotatable bonds is 5. The van der Waals surface area contributed by atoms with Crippen LogP contribution in [0.3, 0.4) is 0 Å². The van der Waals surface area contributed by atoms with Crippen LogP contribution in [-0.2, 0) is 17.6 Å². The fraction of sp³-hybridized carbons (Fsp3) is 0.588. The number of amides is 1. The lowest BCUT2D eigenvalue weighted by Crippen LogP contribution is -2.34. The first-order valence-corrected chi connectivity index (χ1v) is 7.75. The van der Waals surface area contributed by atoms with Crippen molar-refractivity contribution in [2.75, 3.05) is 11.4 Å². The van der Waals surface area contributed by atoms with Gasteiger partial charge in [0.15, 0.2) is 0 Å². The molecular weight excluding hydrogens is 248 g/mol. The Hall–Kier alpha value is -1.35. The van der Waals surface area contributed by atoms with Crippen LogP contribution in [-0.4, -0.2) is 18.5 Å². The zero-order valence-electron chi connectivity index (χ0n) is 12.9. The maximum Gasteiger partial charge on any atom is 0.230 e. The molecule has 0 fully saturated rings.